The lowest BCUT2D eigenvalue weighted by Crippen LogP contribution is -2.20. The van der Waals surface area contributed by atoms with Crippen molar-refractivity contribution in [1.82, 2.24) is 9.97 Å². The Balaban J connectivity index is 0.000000269. The van der Waals surface area contributed by atoms with Gasteiger partial charge >= 0.3 is 6.36 Å². The van der Waals surface area contributed by atoms with Crippen molar-refractivity contribution in [3.8, 4) is 11.8 Å². The number of nitrogens with one attached hydrogen (secondary N) is 2. The van der Waals surface area contributed by atoms with E-state index in [0.717, 1.165) is 5.92 Å². The molecule has 4 rings (SSSR count). The minimum absolute atomic E-state index is 0.300. The van der Waals surface area contributed by atoms with E-state index in [0.29, 0.717) is 33.6 Å². The molecule has 1 unspecified atom stereocenters. The third kappa shape index (κ3) is 6.91. The molecule has 1 aromatic heterocycles. The fourth-order valence-electron chi connectivity index (χ4n) is 4.09. The number of imidazole rings is 1. The fraction of sp³-hybridized carbons (Fsp3) is 0.417. The monoisotopic (exact) mass is 444 g/mol. The van der Waals surface area contributed by atoms with Gasteiger partial charge in [-0.3, -0.25) is 0 Å². The molecule has 3 aromatic rings. The summed E-state index contributed by atoms with van der Waals surface area (Å²) in [6.45, 7) is 7.16. The topological polar surface area (TPSA) is 73.7 Å². The number of hydrogen-bond acceptors (Lipinski definition) is 4. The Bertz CT molecular complexity index is 1080. The van der Waals surface area contributed by atoms with Crippen LogP contribution in [0.1, 0.15) is 52.0 Å². The predicted octanol–water partition coefficient (Wildman–Crippen LogP) is 7.30. The normalized spacial score (nSPS) is 17.7. The van der Waals surface area contributed by atoms with Crippen molar-refractivity contribution in [3.63, 3.8) is 0 Å². The van der Waals surface area contributed by atoms with Gasteiger partial charge in [0, 0.05) is 5.69 Å². The molecule has 170 valence electrons. The molecule has 2 N–H and O–H groups in total. The minimum Gasteiger partial charge on any atom is -0.406 e. The van der Waals surface area contributed by atoms with E-state index in [4.69, 9.17) is 5.26 Å². The molecule has 1 aliphatic rings. The van der Waals surface area contributed by atoms with Gasteiger partial charge in [0.15, 0.2) is 0 Å². The van der Waals surface area contributed by atoms with Crippen molar-refractivity contribution in [2.75, 3.05) is 5.32 Å². The summed E-state index contributed by atoms with van der Waals surface area (Å²) in [6.07, 6.45) is 1.08. The standard InChI is InChI=1S/C15H9F3N4O.C9H18/c16-15(17,18)23-11-4-2-10(3-5-11)20-14-21-12-6-1-9(8-19)7-13(12)22-14;1-8-5-4-6-9(2,3)7-8/h1-7H,(H2,20,21,22);8H,4-7H2,1-3H3. The maximum atomic E-state index is 12.1. The Labute approximate surface area is 185 Å². The lowest BCUT2D eigenvalue weighted by atomic mass is 9.73. The number of ether oxygens (including phenoxy) is 1. The molecule has 0 amide bonds. The van der Waals surface area contributed by atoms with Crippen LogP contribution in [0, 0.1) is 22.7 Å². The summed E-state index contributed by atoms with van der Waals surface area (Å²) >= 11 is 0. The smallest absolute Gasteiger partial charge is 0.406 e. The number of rotatable bonds is 3. The molecule has 1 heterocycles. The molecule has 8 heteroatoms. The molecule has 1 saturated carbocycles. The molecule has 0 saturated heterocycles. The summed E-state index contributed by atoms with van der Waals surface area (Å²) in [6, 6.07) is 12.3. The molecule has 0 bridgehead atoms. The second-order valence-electron chi connectivity index (χ2n) is 8.99. The first-order valence-corrected chi connectivity index (χ1v) is 10.6. The van der Waals surface area contributed by atoms with E-state index in [1.165, 1.54) is 49.9 Å². The van der Waals surface area contributed by atoms with Crippen LogP contribution in [-0.2, 0) is 0 Å². The van der Waals surface area contributed by atoms with Crippen molar-refractivity contribution >= 4 is 22.7 Å². The van der Waals surface area contributed by atoms with Crippen molar-refractivity contribution < 1.29 is 17.9 Å². The molecule has 32 heavy (non-hydrogen) atoms. The summed E-state index contributed by atoms with van der Waals surface area (Å²) in [5.41, 5.74) is 3.05. The van der Waals surface area contributed by atoms with Gasteiger partial charge in [-0.05, 0) is 66.6 Å². The van der Waals surface area contributed by atoms with Gasteiger partial charge in [-0.1, -0.05) is 33.6 Å². The van der Waals surface area contributed by atoms with E-state index in [1.54, 1.807) is 18.2 Å². The Morgan fingerprint density at radius 2 is 1.91 bits per heavy atom. The maximum absolute atomic E-state index is 12.1. The average Bonchev–Trinajstić information content (AvgIpc) is 3.09. The fourth-order valence-corrected chi connectivity index (χ4v) is 4.09. The minimum atomic E-state index is -4.72. The van der Waals surface area contributed by atoms with Crippen molar-refractivity contribution in [3.05, 3.63) is 48.0 Å². The van der Waals surface area contributed by atoms with E-state index in [-0.39, 0.29) is 5.75 Å². The summed E-state index contributed by atoms with van der Waals surface area (Å²) < 4.78 is 40.1. The third-order valence-corrected chi connectivity index (χ3v) is 5.41. The number of anilines is 2. The number of H-pyrrole nitrogens is 1. The van der Waals surface area contributed by atoms with Crippen LogP contribution in [0.5, 0.6) is 5.75 Å². The SMILES string of the molecule is CC1CCCC(C)(C)C1.N#Cc1ccc2nc(Nc3ccc(OC(F)(F)F)cc3)[nH]c2c1. The van der Waals surface area contributed by atoms with E-state index in [2.05, 4.69) is 40.8 Å². The predicted molar refractivity (Wildman–Crippen MR) is 119 cm³/mol. The number of hydrogen-bond donors (Lipinski definition) is 2. The van der Waals surface area contributed by atoms with Gasteiger partial charge in [0.1, 0.15) is 5.75 Å². The molecule has 0 aliphatic heterocycles. The van der Waals surface area contributed by atoms with Crippen LogP contribution in [0.2, 0.25) is 0 Å². The van der Waals surface area contributed by atoms with Gasteiger partial charge in [0.05, 0.1) is 22.7 Å². The lowest BCUT2D eigenvalue weighted by Gasteiger charge is -2.33. The largest absolute Gasteiger partial charge is 0.573 e. The Hall–Kier alpha value is -3.21. The number of halogens is 3. The van der Waals surface area contributed by atoms with E-state index >= 15 is 0 Å². The van der Waals surface area contributed by atoms with Crippen LogP contribution in [0.25, 0.3) is 11.0 Å². The highest BCUT2D eigenvalue weighted by Gasteiger charge is 2.31. The van der Waals surface area contributed by atoms with E-state index in [9.17, 15) is 13.2 Å². The van der Waals surface area contributed by atoms with Gasteiger partial charge in [0.2, 0.25) is 5.95 Å². The molecule has 2 aromatic carbocycles. The van der Waals surface area contributed by atoms with E-state index in [1.807, 2.05) is 6.07 Å². The van der Waals surface area contributed by atoms with Gasteiger partial charge in [-0.2, -0.15) is 5.26 Å². The van der Waals surface area contributed by atoms with Crippen LogP contribution in [0.15, 0.2) is 42.5 Å². The summed E-state index contributed by atoms with van der Waals surface area (Å²) in [5.74, 6) is 1.10. The molecule has 1 atom stereocenters. The second-order valence-corrected chi connectivity index (χ2v) is 8.99. The van der Waals surface area contributed by atoms with E-state index < -0.39 is 6.36 Å². The second kappa shape index (κ2) is 9.51. The molecular weight excluding hydrogens is 417 g/mol. The molecule has 1 fully saturated rings. The van der Waals surface area contributed by atoms with Crippen LogP contribution in [-0.4, -0.2) is 16.3 Å². The van der Waals surface area contributed by atoms with Crippen molar-refractivity contribution in [1.29, 1.82) is 5.26 Å². The highest BCUT2D eigenvalue weighted by atomic mass is 19.4. The number of alkyl halides is 3. The molecular formula is C24H27F3N4O. The van der Waals surface area contributed by atoms with Crippen LogP contribution < -0.4 is 10.1 Å². The zero-order valence-corrected chi connectivity index (χ0v) is 18.4. The van der Waals surface area contributed by atoms with Gasteiger partial charge in [0.25, 0.3) is 0 Å². The first-order valence-electron chi connectivity index (χ1n) is 10.6. The van der Waals surface area contributed by atoms with Gasteiger partial charge < -0.3 is 15.0 Å². The first kappa shape index (κ1) is 23.5. The molecule has 1 aliphatic carbocycles. The number of benzene rings is 2. The maximum Gasteiger partial charge on any atom is 0.573 e. The lowest BCUT2D eigenvalue weighted by molar-refractivity contribution is -0.274. The Morgan fingerprint density at radius 3 is 2.47 bits per heavy atom. The summed E-state index contributed by atoms with van der Waals surface area (Å²) in [4.78, 5) is 7.26. The number of aromatic nitrogens is 2. The molecule has 5 nitrogen and oxygen atoms in total. The van der Waals surface area contributed by atoms with Crippen molar-refractivity contribution in [2.45, 2.75) is 52.8 Å². The zero-order valence-electron chi connectivity index (χ0n) is 18.4. The van der Waals surface area contributed by atoms with Crippen molar-refractivity contribution in [2.24, 2.45) is 11.3 Å². The third-order valence-electron chi connectivity index (χ3n) is 5.41. The summed E-state index contributed by atoms with van der Waals surface area (Å²) in [7, 11) is 0. The molecule has 0 spiro atoms. The average molecular weight is 445 g/mol. The molecule has 0 radical (unpaired) electrons. The number of fused-ring (bicyclic) bond motifs is 1. The highest BCUT2D eigenvalue weighted by Crippen LogP contribution is 2.37. The number of nitrogens with zero attached hydrogens (tertiary/aromatic N) is 2. The number of nitriles is 1. The highest BCUT2D eigenvalue weighted by molar-refractivity contribution is 5.79. The zero-order chi connectivity index (χ0) is 23.4. The van der Waals surface area contributed by atoms with Crippen LogP contribution in [0.4, 0.5) is 24.8 Å². The number of aromatic amines is 1. The first-order chi connectivity index (χ1) is 15.0. The van der Waals surface area contributed by atoms with Crippen LogP contribution >= 0.6 is 0 Å². The Kier molecular flexibility index (Phi) is 6.97. The van der Waals surface area contributed by atoms with Gasteiger partial charge in [-0.25, -0.2) is 4.98 Å². The summed E-state index contributed by atoms with van der Waals surface area (Å²) in [5, 5.41) is 11.8. The van der Waals surface area contributed by atoms with Crippen LogP contribution in [0.3, 0.4) is 0 Å². The Morgan fingerprint density at radius 1 is 1.19 bits per heavy atom. The van der Waals surface area contributed by atoms with Gasteiger partial charge in [-0.15, -0.1) is 13.2 Å². The quantitative estimate of drug-likeness (QED) is 0.444.